The summed E-state index contributed by atoms with van der Waals surface area (Å²) < 4.78 is 0. The Morgan fingerprint density at radius 1 is 1.60 bits per heavy atom. The molecule has 0 spiro atoms. The van der Waals surface area contributed by atoms with Crippen molar-refractivity contribution in [3.63, 3.8) is 0 Å². The first kappa shape index (κ1) is 16.7. The van der Waals surface area contributed by atoms with Gasteiger partial charge >= 0.3 is 5.97 Å². The summed E-state index contributed by atoms with van der Waals surface area (Å²) >= 11 is 3.65. The van der Waals surface area contributed by atoms with E-state index < -0.39 is 12.0 Å². The van der Waals surface area contributed by atoms with E-state index in [9.17, 15) is 4.79 Å². The van der Waals surface area contributed by atoms with E-state index in [0.717, 1.165) is 12.8 Å². The highest BCUT2D eigenvalue weighted by Crippen LogP contribution is 1.95. The maximum atomic E-state index is 9.76. The molecule has 1 atom stereocenters. The van der Waals surface area contributed by atoms with Crippen molar-refractivity contribution in [2.24, 2.45) is 10.9 Å². The topological polar surface area (TPSA) is 95.9 Å². The molecule has 0 heterocycles. The molecule has 6 heteroatoms. The lowest BCUT2D eigenvalue weighted by Crippen LogP contribution is -2.31. The van der Waals surface area contributed by atoms with Gasteiger partial charge in [-0.25, -0.2) is 0 Å². The van der Waals surface area contributed by atoms with E-state index in [0.29, 0.717) is 0 Å². The fourth-order valence-corrected chi connectivity index (χ4v) is 0.778. The normalized spacial score (nSPS) is 11.9. The third-order valence-electron chi connectivity index (χ3n) is 1.53. The van der Waals surface area contributed by atoms with Gasteiger partial charge in [-0.3, -0.25) is 4.79 Å². The van der Waals surface area contributed by atoms with Gasteiger partial charge in [-0.05, 0) is 12.8 Å². The largest absolute Gasteiger partial charge is 0.480 e. The maximum absolute atomic E-state index is 9.76. The molecule has 0 aliphatic carbocycles. The molecule has 0 saturated carbocycles. The van der Waals surface area contributed by atoms with Crippen LogP contribution in [0.4, 0.5) is 0 Å². The molecule has 0 aromatic carbocycles. The Morgan fingerprint density at radius 3 is 2.47 bits per heavy atom. The van der Waals surface area contributed by atoms with Crippen molar-refractivity contribution in [2.75, 3.05) is 5.75 Å². The lowest BCUT2D eigenvalue weighted by Gasteiger charge is -1.96. The van der Waals surface area contributed by atoms with E-state index in [4.69, 9.17) is 16.0 Å². The first-order valence-corrected chi connectivity index (χ1v) is 5.48. The van der Waals surface area contributed by atoms with Crippen LogP contribution >= 0.6 is 12.6 Å². The number of rotatable bonds is 6. The molecule has 0 fully saturated rings. The molecule has 0 saturated heterocycles. The summed E-state index contributed by atoms with van der Waals surface area (Å²) in [5.41, 5.74) is 4.94. The monoisotopic (exact) mass is 236 g/mol. The van der Waals surface area contributed by atoms with Crippen LogP contribution in [-0.4, -0.2) is 34.3 Å². The lowest BCUT2D eigenvalue weighted by atomic mass is 10.2. The summed E-state index contributed by atoms with van der Waals surface area (Å²) in [5.74, 6) is -0.815. The van der Waals surface area contributed by atoms with Crippen LogP contribution in [0.15, 0.2) is 5.16 Å². The first-order chi connectivity index (χ1) is 7.09. The van der Waals surface area contributed by atoms with Gasteiger partial charge in [0.25, 0.3) is 0 Å². The molecule has 0 amide bonds. The number of carboxylic acid groups (broad SMARTS) is 1. The maximum Gasteiger partial charge on any atom is 0.321 e. The Labute approximate surface area is 95.8 Å². The van der Waals surface area contributed by atoms with Crippen LogP contribution in [0.25, 0.3) is 0 Å². The van der Waals surface area contributed by atoms with Gasteiger partial charge in [-0.15, -0.1) is 5.16 Å². The van der Waals surface area contributed by atoms with Crippen molar-refractivity contribution in [1.82, 2.24) is 0 Å². The van der Waals surface area contributed by atoms with Crippen molar-refractivity contribution >= 4 is 24.8 Å². The highest BCUT2D eigenvalue weighted by atomic mass is 32.1. The van der Waals surface area contributed by atoms with E-state index in [1.807, 2.05) is 0 Å². The minimum atomic E-state index is -1.00. The molecule has 0 aliphatic rings. The zero-order valence-electron chi connectivity index (χ0n) is 8.96. The number of carboxylic acids is 1. The van der Waals surface area contributed by atoms with Crippen LogP contribution in [0.3, 0.4) is 0 Å². The second-order valence-electron chi connectivity index (χ2n) is 2.92. The number of aliphatic carboxylic acids is 1. The van der Waals surface area contributed by atoms with Crippen LogP contribution in [-0.2, 0) is 4.79 Å². The van der Waals surface area contributed by atoms with Crippen LogP contribution in [0.1, 0.15) is 32.6 Å². The number of unbranched alkanes of at least 4 members (excludes halogenated alkanes) is 3. The third-order valence-corrected chi connectivity index (χ3v) is 1.93. The summed E-state index contributed by atoms with van der Waals surface area (Å²) in [5, 5.41) is 18.8. The quantitative estimate of drug-likeness (QED) is 0.184. The number of oxime groups is 1. The Morgan fingerprint density at radius 2 is 2.20 bits per heavy atom. The summed E-state index contributed by atoms with van der Waals surface area (Å²) in [6, 6.07) is -0.816. The molecule has 15 heavy (non-hydrogen) atoms. The minimum absolute atomic E-state index is 0.190. The highest BCUT2D eigenvalue weighted by molar-refractivity contribution is 7.80. The first-order valence-electron chi connectivity index (χ1n) is 4.85. The number of carbonyl (C=O) groups is 1. The number of hydrogen-bond acceptors (Lipinski definition) is 5. The number of hydrogen-bond donors (Lipinski definition) is 4. The van der Waals surface area contributed by atoms with E-state index >= 15 is 0 Å². The molecule has 0 unspecified atom stereocenters. The van der Waals surface area contributed by atoms with Gasteiger partial charge in [-0.1, -0.05) is 19.8 Å². The predicted octanol–water partition coefficient (Wildman–Crippen LogP) is 1.35. The van der Waals surface area contributed by atoms with Crippen molar-refractivity contribution in [3.05, 3.63) is 0 Å². The van der Waals surface area contributed by atoms with Gasteiger partial charge in [0, 0.05) is 12.0 Å². The van der Waals surface area contributed by atoms with E-state index in [1.54, 1.807) is 0 Å². The molecule has 0 rings (SSSR count). The fraction of sp³-hybridized carbons (Fsp3) is 0.778. The summed E-state index contributed by atoms with van der Waals surface area (Å²) in [6.07, 6.45) is 6.03. The Kier molecular flexibility index (Phi) is 14.7. The van der Waals surface area contributed by atoms with Crippen LogP contribution < -0.4 is 5.73 Å². The molecular formula is C9H20N2O3S. The minimum Gasteiger partial charge on any atom is -0.480 e. The second-order valence-corrected chi connectivity index (χ2v) is 3.29. The standard InChI is InChI=1S/C6H13NO.C3H7NO2S/c1-2-3-4-5-6-7-8;4-2(1-7)3(5)6/h6,8H,2-5H2,1H3;2,7H,1,4H2,(H,5,6)/t;2-/m.0/s1. The summed E-state index contributed by atoms with van der Waals surface area (Å²) in [7, 11) is 0. The number of nitrogens with zero attached hydrogens (tertiary/aromatic N) is 1. The fourth-order valence-electron chi connectivity index (χ4n) is 0.621. The molecule has 5 nitrogen and oxygen atoms in total. The van der Waals surface area contributed by atoms with Crippen LogP contribution in [0.5, 0.6) is 0 Å². The second kappa shape index (κ2) is 13.2. The zero-order valence-corrected chi connectivity index (χ0v) is 9.86. The van der Waals surface area contributed by atoms with E-state index in [1.165, 1.54) is 19.1 Å². The Bertz CT molecular complexity index is 177. The van der Waals surface area contributed by atoms with Gasteiger partial charge in [0.2, 0.25) is 0 Å². The zero-order chi connectivity index (χ0) is 12.1. The molecule has 0 aliphatic heterocycles. The smallest absolute Gasteiger partial charge is 0.321 e. The van der Waals surface area contributed by atoms with Gasteiger partial charge in [0.15, 0.2) is 0 Å². The SMILES string of the molecule is CCCCCC=NO.N[C@@H](CS)C(=O)O. The van der Waals surface area contributed by atoms with E-state index in [-0.39, 0.29) is 5.75 Å². The Hall–Kier alpha value is -0.750. The van der Waals surface area contributed by atoms with Crippen molar-refractivity contribution < 1.29 is 15.1 Å². The third kappa shape index (κ3) is 16.0. The molecule has 0 aromatic heterocycles. The Balaban J connectivity index is 0. The van der Waals surface area contributed by atoms with E-state index in [2.05, 4.69) is 24.7 Å². The molecule has 0 aromatic rings. The lowest BCUT2D eigenvalue weighted by molar-refractivity contribution is -0.137. The number of nitrogens with two attached hydrogens (primary N) is 1. The molecule has 90 valence electrons. The van der Waals surface area contributed by atoms with Gasteiger partial charge in [-0.2, -0.15) is 12.6 Å². The van der Waals surface area contributed by atoms with Gasteiger partial charge in [0.05, 0.1) is 0 Å². The van der Waals surface area contributed by atoms with Crippen LogP contribution in [0.2, 0.25) is 0 Å². The predicted molar refractivity (Wildman–Crippen MR) is 63.9 cm³/mol. The van der Waals surface area contributed by atoms with Crippen molar-refractivity contribution in [2.45, 2.75) is 38.6 Å². The highest BCUT2D eigenvalue weighted by Gasteiger charge is 2.06. The molecule has 4 N–H and O–H groups in total. The molecule has 0 radical (unpaired) electrons. The van der Waals surface area contributed by atoms with Gasteiger partial charge in [0.1, 0.15) is 6.04 Å². The summed E-state index contributed by atoms with van der Waals surface area (Å²) in [6.45, 7) is 2.15. The summed E-state index contributed by atoms with van der Waals surface area (Å²) in [4.78, 5) is 9.76. The average molecular weight is 236 g/mol. The van der Waals surface area contributed by atoms with Crippen LogP contribution in [0, 0.1) is 0 Å². The molecule has 0 bridgehead atoms. The van der Waals surface area contributed by atoms with Crippen molar-refractivity contribution in [1.29, 1.82) is 0 Å². The number of thiol groups is 1. The molecular weight excluding hydrogens is 216 g/mol. The van der Waals surface area contributed by atoms with Gasteiger partial charge < -0.3 is 16.0 Å². The average Bonchev–Trinajstić information content (AvgIpc) is 2.24. The van der Waals surface area contributed by atoms with Crippen molar-refractivity contribution in [3.8, 4) is 0 Å².